The van der Waals surface area contributed by atoms with Crippen LogP contribution in [0.1, 0.15) is 93.0 Å². The van der Waals surface area contributed by atoms with Gasteiger partial charge in [0.25, 0.3) is 5.91 Å². The number of guanidine groups is 1. The average Bonchev–Trinajstić information content (AvgIpc) is 0.877. The number of carboxylic acids is 4. The maximum atomic E-state index is 14.6. The molecule has 118 heavy (non-hydrogen) atoms. The number of nitrogens with zero attached hydrogens (tertiary/aromatic N) is 5. The van der Waals surface area contributed by atoms with E-state index < -0.39 is 125 Å². The third kappa shape index (κ3) is 29.9. The molecule has 4 aliphatic heterocycles. The largest absolute Gasteiger partial charge is 0.508 e. The summed E-state index contributed by atoms with van der Waals surface area (Å²) >= 11 is 1.15. The van der Waals surface area contributed by atoms with Gasteiger partial charge in [-0.2, -0.15) is 0 Å². The molecule has 39 nitrogen and oxygen atoms in total. The predicted octanol–water partition coefficient (Wildman–Crippen LogP) is -1.32. The lowest BCUT2D eigenvalue weighted by molar-refractivity contribution is -0.141. The van der Waals surface area contributed by atoms with E-state index in [0.717, 1.165) is 16.7 Å². The van der Waals surface area contributed by atoms with Crippen LogP contribution in [0.3, 0.4) is 0 Å². The number of nitrogens with one attached hydrogen (secondary N) is 11. The van der Waals surface area contributed by atoms with Gasteiger partial charge in [-0.25, -0.2) is 0 Å². The van der Waals surface area contributed by atoms with Gasteiger partial charge in [-0.15, -0.1) is 11.8 Å². The Labute approximate surface area is 681 Å². The zero-order chi connectivity index (χ0) is 85.4. The lowest BCUT2D eigenvalue weighted by atomic mass is 9.90. The molecule has 3 aromatic rings. The van der Waals surface area contributed by atoms with Crippen LogP contribution >= 0.6 is 11.8 Å². The number of phenols is 1. The number of nitrogens with two attached hydrogens (primary N) is 1. The fourth-order valence-corrected chi connectivity index (χ4v) is 14.7. The van der Waals surface area contributed by atoms with Gasteiger partial charge in [0.05, 0.1) is 44.4 Å². The number of likely N-dealkylation sites (tertiary alicyclic amines) is 1. The molecule has 636 valence electrons. The molecule has 11 amide bonds. The summed E-state index contributed by atoms with van der Waals surface area (Å²) in [7, 11) is 0. The number of hydrogen-bond donors (Lipinski definition) is 17. The monoisotopic (exact) mass is 1660 g/mol. The molecule has 3 fully saturated rings. The van der Waals surface area contributed by atoms with Crippen molar-refractivity contribution in [1.29, 1.82) is 5.41 Å². The number of aliphatic carboxylic acids is 4. The predicted molar refractivity (Wildman–Crippen MR) is 429 cm³/mol. The summed E-state index contributed by atoms with van der Waals surface area (Å²) < 4.78 is 6.07. The molecule has 0 bridgehead atoms. The van der Waals surface area contributed by atoms with Crippen molar-refractivity contribution in [3.8, 4) is 28.2 Å². The summed E-state index contributed by atoms with van der Waals surface area (Å²) in [6, 6.07) is 16.0. The fourth-order valence-electron chi connectivity index (χ4n) is 13.6. The van der Waals surface area contributed by atoms with Crippen LogP contribution in [-0.4, -0.2) is 298 Å². The molecular weight excluding hydrogens is 1560 g/mol. The van der Waals surface area contributed by atoms with Gasteiger partial charge in [-0.05, 0) is 92.5 Å². The van der Waals surface area contributed by atoms with Crippen LogP contribution < -0.4 is 64.3 Å². The number of fused-ring (bicyclic) bond motifs is 2. The Morgan fingerprint density at radius 1 is 0.542 bits per heavy atom. The zero-order valence-electron chi connectivity index (χ0n) is 65.0. The van der Waals surface area contributed by atoms with Crippen molar-refractivity contribution in [3.05, 3.63) is 106 Å². The third-order valence-corrected chi connectivity index (χ3v) is 20.8. The summed E-state index contributed by atoms with van der Waals surface area (Å²) in [6.45, 7) is -0.300. The highest BCUT2D eigenvalue weighted by Gasteiger charge is 2.39. The van der Waals surface area contributed by atoms with E-state index in [1.807, 2.05) is 0 Å². The van der Waals surface area contributed by atoms with Gasteiger partial charge in [-0.3, -0.25) is 107 Å². The van der Waals surface area contributed by atoms with Gasteiger partial charge < -0.3 is 88.9 Å². The van der Waals surface area contributed by atoms with E-state index in [-0.39, 0.29) is 220 Å². The van der Waals surface area contributed by atoms with Crippen LogP contribution in [0.2, 0.25) is 0 Å². The zero-order valence-corrected chi connectivity index (χ0v) is 65.8. The highest BCUT2D eigenvalue weighted by atomic mass is 32.2. The van der Waals surface area contributed by atoms with Gasteiger partial charge in [0.2, 0.25) is 59.1 Å². The topological polar surface area (TPSA) is 574 Å². The third-order valence-electron chi connectivity index (χ3n) is 19.6. The normalized spacial score (nSPS) is 18.7. The minimum absolute atomic E-state index is 0.00269. The second-order valence-electron chi connectivity index (χ2n) is 28.7. The molecule has 8 rings (SSSR count). The smallest absolute Gasteiger partial charge is 0.317 e. The summed E-state index contributed by atoms with van der Waals surface area (Å²) in [6.07, 6.45) is 0.642. The summed E-state index contributed by atoms with van der Waals surface area (Å²) in [5.74, 6) is -12.0. The first-order valence-corrected chi connectivity index (χ1v) is 39.8. The van der Waals surface area contributed by atoms with Crippen LogP contribution in [0.5, 0.6) is 5.75 Å². The highest BCUT2D eigenvalue weighted by Crippen LogP contribution is 2.42. The van der Waals surface area contributed by atoms with Crippen LogP contribution in [-0.2, 0) is 73.5 Å². The van der Waals surface area contributed by atoms with Crippen molar-refractivity contribution in [3.63, 3.8) is 0 Å². The number of phenolic OH excluding ortho intramolecular Hbond substituents is 1. The molecular formula is C78H101N17O22S. The number of benzene rings is 4. The molecule has 5 aliphatic rings. The minimum Gasteiger partial charge on any atom is -0.508 e. The van der Waals surface area contributed by atoms with Crippen molar-refractivity contribution in [1.82, 2.24) is 72.4 Å². The fraction of sp³-hybridized carbons (Fsp3) is 0.474. The minimum atomic E-state index is -1.67. The quantitative estimate of drug-likeness (QED) is 0.00721. The van der Waals surface area contributed by atoms with Gasteiger partial charge in [-0.1, -0.05) is 42.8 Å². The van der Waals surface area contributed by atoms with Crippen molar-refractivity contribution in [2.45, 2.75) is 113 Å². The van der Waals surface area contributed by atoms with Gasteiger partial charge in [0, 0.05) is 156 Å². The number of hydrogen-bond acceptors (Lipinski definition) is 24. The van der Waals surface area contributed by atoms with E-state index in [0.29, 0.717) is 46.9 Å². The second-order valence-corrected chi connectivity index (χ2v) is 30.0. The number of carboxylic acid groups (broad SMARTS) is 4. The van der Waals surface area contributed by atoms with E-state index in [9.17, 15) is 102 Å². The number of carbonyl (C=O) groups excluding carboxylic acids is 11. The van der Waals surface area contributed by atoms with Gasteiger partial charge in [0.1, 0.15) is 41.3 Å². The van der Waals surface area contributed by atoms with E-state index >= 15 is 0 Å². The number of imide groups is 1. The van der Waals surface area contributed by atoms with E-state index in [4.69, 9.17) is 15.6 Å². The van der Waals surface area contributed by atoms with Crippen LogP contribution in [0.4, 0.5) is 5.69 Å². The van der Waals surface area contributed by atoms with Crippen molar-refractivity contribution in [2.75, 3.05) is 129 Å². The second kappa shape index (κ2) is 46.0. The van der Waals surface area contributed by atoms with Crippen LogP contribution in [0, 0.1) is 5.41 Å². The Balaban J connectivity index is 0.821. The van der Waals surface area contributed by atoms with Gasteiger partial charge in [0.15, 0.2) is 11.4 Å². The molecule has 4 heterocycles. The number of aromatic hydroxyl groups is 1. The Bertz CT molecular complexity index is 4460. The first-order valence-electron chi connectivity index (χ1n) is 38.7. The number of amides is 11. The lowest BCUT2D eigenvalue weighted by Crippen LogP contribution is -2.58. The highest BCUT2D eigenvalue weighted by molar-refractivity contribution is 8.00. The number of unbranched alkanes of at least 4 members (excludes halogenated alkanes) is 3. The number of carbonyl (C=O) groups is 15. The van der Waals surface area contributed by atoms with E-state index in [2.05, 4.69) is 53.2 Å². The maximum absolute atomic E-state index is 14.6. The lowest BCUT2D eigenvalue weighted by Gasteiger charge is -2.32. The molecule has 0 spiro atoms. The number of anilines is 1. The van der Waals surface area contributed by atoms with Crippen molar-refractivity contribution >= 4 is 123 Å². The summed E-state index contributed by atoms with van der Waals surface area (Å²) in [5.41, 5.74) is 7.30. The Morgan fingerprint density at radius 3 is 1.77 bits per heavy atom. The molecule has 1 aliphatic carbocycles. The number of rotatable bonds is 37. The molecule has 0 radical (unpaired) electrons. The standard InChI is InChI=1S/C78H101N17O22S/c79-78(80)84-23-9-13-55-73(112)85-42-64(100)87-58(40-67(103)104)76(115)90-57(36-47-10-3-1-4-11-47)75(114)89-56(74(113)88-55)12-6-7-22-81-62(98)21-35-118-61-41-66(102)95(77(61)116)26-8-2-5-14-63(99)86-48-15-18-51(71-52-19-16-49(96)38-59(52)117-60-39-50(97)17-20-53(60)71)54(37-48)72(111)83-25-24-82-65(101)43-91-27-29-92(44-68(105)106)31-33-94(46-70(109)110)34-32-93(30-28-91)45-69(107)108/h1,3-4,10-11,15-20,37-39,55-58,61,96H,2,5-9,12-14,21-36,40-46H2,(H,81,98)(H,82,101)(H,83,111)(H,85,112)(H,86,99)(H,87,100)(H,88,113)(H,89,114)(H,90,115)(H,103,104)(H,105,106)(H,107,108)(H,109,110)(H4,79,80,84)/t55-,56-,57-,58-,61?/m0/s1. The van der Waals surface area contributed by atoms with E-state index in [1.54, 1.807) is 74.2 Å². The average molecular weight is 1660 g/mol. The van der Waals surface area contributed by atoms with Crippen LogP contribution in [0.15, 0.2) is 94.1 Å². The number of thioether (sulfide) groups is 1. The molecule has 40 heteroatoms. The molecule has 3 aromatic carbocycles. The molecule has 3 saturated heterocycles. The Hall–Kier alpha value is -12.1. The van der Waals surface area contributed by atoms with Crippen molar-refractivity contribution in [2.24, 2.45) is 5.73 Å². The Kier molecular flexibility index (Phi) is 35.6. The van der Waals surface area contributed by atoms with Gasteiger partial charge >= 0.3 is 23.9 Å². The molecule has 0 aromatic heterocycles. The molecule has 1 unspecified atom stereocenters. The first kappa shape index (κ1) is 91.4. The van der Waals surface area contributed by atoms with Crippen LogP contribution in [0.25, 0.3) is 33.4 Å². The Morgan fingerprint density at radius 2 is 1.13 bits per heavy atom. The molecule has 5 atom stereocenters. The molecule has 18 N–H and O–H groups in total. The summed E-state index contributed by atoms with van der Waals surface area (Å²) in [5, 5.41) is 82.5. The summed E-state index contributed by atoms with van der Waals surface area (Å²) in [4.78, 5) is 218. The first-order chi connectivity index (χ1) is 56.4. The maximum Gasteiger partial charge on any atom is 0.317 e. The SMILES string of the molecule is N=C(N)NCCC[C@@H]1NC(=O)[C@H](CCCCNC(=O)CCSC2CC(=O)N(CCCCCC(=O)Nc3ccc(-c4c5ccc(=O)cc-5oc5cc(O)ccc45)c(C(=O)NCCNC(=O)CN4CCN(CC(=O)O)CCN(CC(=O)O)CCN(CC(=O)O)CC4)c3)C2=O)NC(=O)[C@H](Cc2ccccc2)NC(=O)[C@H](CC(=O)O)NC(=O)CNC1=O. The van der Waals surface area contributed by atoms with Crippen molar-refractivity contribution < 1.29 is 102 Å². The molecule has 0 saturated carbocycles. The van der Waals surface area contributed by atoms with E-state index in [1.165, 1.54) is 30.3 Å².